The number of carbonyl (C=O) groups is 3. The maximum atomic E-state index is 12.7. The minimum atomic E-state index is -0.254. The predicted molar refractivity (Wildman–Crippen MR) is 134 cm³/mol. The predicted octanol–water partition coefficient (Wildman–Crippen LogP) is 3.29. The molecule has 0 bridgehead atoms. The molecule has 8 nitrogen and oxygen atoms in total. The van der Waals surface area contributed by atoms with Crippen LogP contribution in [0.5, 0.6) is 5.75 Å². The zero-order valence-corrected chi connectivity index (χ0v) is 20.6. The van der Waals surface area contributed by atoms with Gasteiger partial charge in [-0.3, -0.25) is 19.3 Å². The maximum absolute atomic E-state index is 12.7. The highest BCUT2D eigenvalue weighted by atomic mass is 32.2. The van der Waals surface area contributed by atoms with Crippen molar-refractivity contribution in [3.8, 4) is 5.75 Å². The fourth-order valence-corrected chi connectivity index (χ4v) is 5.53. The molecule has 0 radical (unpaired) electrons. The molecular weight excluding hydrogens is 452 g/mol. The number of aromatic hydroxyl groups is 1. The van der Waals surface area contributed by atoms with Crippen molar-refractivity contribution in [2.75, 3.05) is 43.9 Å². The van der Waals surface area contributed by atoms with Gasteiger partial charge in [0, 0.05) is 56.7 Å². The minimum Gasteiger partial charge on any atom is -0.506 e. The van der Waals surface area contributed by atoms with Gasteiger partial charge >= 0.3 is 0 Å². The number of fused-ring (bicyclic) bond motifs is 1. The van der Waals surface area contributed by atoms with E-state index in [0.29, 0.717) is 45.6 Å². The summed E-state index contributed by atoms with van der Waals surface area (Å²) in [5, 5.41) is 12.9. The Labute approximate surface area is 204 Å². The molecular formula is C25H32N4O4S. The van der Waals surface area contributed by atoms with Crippen LogP contribution in [0.15, 0.2) is 29.3 Å². The first-order chi connectivity index (χ1) is 16.4. The zero-order valence-electron chi connectivity index (χ0n) is 19.8. The van der Waals surface area contributed by atoms with Crippen molar-refractivity contribution in [2.24, 2.45) is 0 Å². The van der Waals surface area contributed by atoms with Gasteiger partial charge in [0.25, 0.3) is 11.8 Å². The Morgan fingerprint density at radius 1 is 1.06 bits per heavy atom. The molecule has 0 atom stereocenters. The molecule has 4 rings (SSSR count). The highest BCUT2D eigenvalue weighted by Gasteiger charge is 2.26. The first-order valence-electron chi connectivity index (χ1n) is 11.9. The quantitative estimate of drug-likeness (QED) is 0.322. The Hall–Kier alpha value is -2.94. The Morgan fingerprint density at radius 2 is 1.76 bits per heavy atom. The van der Waals surface area contributed by atoms with Gasteiger partial charge in [-0.05, 0) is 43.2 Å². The van der Waals surface area contributed by atoms with Crippen molar-refractivity contribution in [3.63, 3.8) is 0 Å². The number of nitrogens with zero attached hydrogens (tertiary/aromatic N) is 3. The van der Waals surface area contributed by atoms with Crippen LogP contribution in [0.3, 0.4) is 0 Å². The fraction of sp³-hybridized carbons (Fsp3) is 0.480. The molecule has 2 aliphatic rings. The van der Waals surface area contributed by atoms with Crippen molar-refractivity contribution >= 4 is 46.1 Å². The van der Waals surface area contributed by atoms with Crippen LogP contribution >= 0.6 is 11.8 Å². The van der Waals surface area contributed by atoms with Gasteiger partial charge in [-0.25, -0.2) is 0 Å². The molecule has 1 saturated heterocycles. The minimum absolute atomic E-state index is 0.134. The van der Waals surface area contributed by atoms with E-state index in [-0.39, 0.29) is 23.5 Å². The number of phenolic OH excluding ortho intramolecular Hbond substituents is 1. The average Bonchev–Trinajstić information content (AvgIpc) is 3.37. The van der Waals surface area contributed by atoms with E-state index in [9.17, 15) is 19.5 Å². The number of aryl methyl sites for hydroxylation is 1. The SMILES string of the molecule is CCc1c(SC)[nH]c2c(N3CCN(C(=O)CCCCCN4C(=O)C=CC4=O)CC3)c(O)ccc12. The second-order valence-corrected chi connectivity index (χ2v) is 9.50. The molecule has 2 aliphatic heterocycles. The third kappa shape index (κ3) is 4.80. The Bertz CT molecular complexity index is 1100. The molecule has 0 spiro atoms. The molecule has 34 heavy (non-hydrogen) atoms. The van der Waals surface area contributed by atoms with Crippen LogP contribution in [-0.4, -0.2) is 76.6 Å². The monoisotopic (exact) mass is 484 g/mol. The Balaban J connectivity index is 1.29. The third-order valence-corrected chi connectivity index (χ3v) is 7.43. The van der Waals surface area contributed by atoms with Gasteiger partial charge in [0.15, 0.2) is 0 Å². The molecule has 0 aliphatic carbocycles. The number of aromatic nitrogens is 1. The summed E-state index contributed by atoms with van der Waals surface area (Å²) in [6.07, 6.45) is 8.27. The number of piperazine rings is 1. The number of aromatic amines is 1. The van der Waals surface area contributed by atoms with Crippen molar-refractivity contribution in [1.82, 2.24) is 14.8 Å². The van der Waals surface area contributed by atoms with E-state index in [2.05, 4.69) is 23.1 Å². The summed E-state index contributed by atoms with van der Waals surface area (Å²) in [7, 11) is 0. The highest BCUT2D eigenvalue weighted by molar-refractivity contribution is 7.98. The van der Waals surface area contributed by atoms with Crippen LogP contribution in [0.25, 0.3) is 10.9 Å². The van der Waals surface area contributed by atoms with Crippen LogP contribution in [0.2, 0.25) is 0 Å². The normalized spacial score (nSPS) is 16.4. The second-order valence-electron chi connectivity index (χ2n) is 8.69. The molecule has 1 aromatic heterocycles. The Kier molecular flexibility index (Phi) is 7.50. The number of thioether (sulfide) groups is 1. The molecule has 182 valence electrons. The van der Waals surface area contributed by atoms with E-state index in [0.717, 1.165) is 40.9 Å². The van der Waals surface area contributed by atoms with Crippen molar-refractivity contribution in [3.05, 3.63) is 29.8 Å². The topological polar surface area (TPSA) is 97.0 Å². The Morgan fingerprint density at radius 3 is 2.41 bits per heavy atom. The van der Waals surface area contributed by atoms with Crippen molar-refractivity contribution < 1.29 is 19.5 Å². The average molecular weight is 485 g/mol. The largest absolute Gasteiger partial charge is 0.506 e. The first kappa shape index (κ1) is 24.2. The molecule has 3 amide bonds. The summed E-state index contributed by atoms with van der Waals surface area (Å²) < 4.78 is 0. The number of phenols is 1. The van der Waals surface area contributed by atoms with Gasteiger partial charge in [0.05, 0.1) is 10.5 Å². The number of carbonyl (C=O) groups excluding carboxylic acids is 3. The van der Waals surface area contributed by atoms with Gasteiger partial charge < -0.3 is 19.9 Å². The number of hydrogen-bond acceptors (Lipinski definition) is 6. The molecule has 9 heteroatoms. The molecule has 3 heterocycles. The van der Waals surface area contributed by atoms with Gasteiger partial charge in [-0.2, -0.15) is 0 Å². The standard InChI is InChI=1S/C25H32N4O4S/c1-3-17-18-8-9-19(30)24(23(18)26-25(17)34-2)28-15-13-27(14-16-28)20(31)7-5-4-6-12-29-21(32)10-11-22(29)33/h8-11,26,30H,3-7,12-16H2,1-2H3. The zero-order chi connectivity index (χ0) is 24.2. The number of amides is 3. The smallest absolute Gasteiger partial charge is 0.253 e. The van der Waals surface area contributed by atoms with E-state index in [1.54, 1.807) is 17.8 Å². The van der Waals surface area contributed by atoms with Crippen LogP contribution in [0, 0.1) is 0 Å². The maximum Gasteiger partial charge on any atom is 0.253 e. The number of unbranched alkanes of at least 4 members (excludes halogenated alkanes) is 2. The molecule has 2 aromatic rings. The third-order valence-electron chi connectivity index (χ3n) is 6.67. The van der Waals surface area contributed by atoms with Crippen LogP contribution in [0.4, 0.5) is 5.69 Å². The number of H-pyrrole nitrogens is 1. The van der Waals surface area contributed by atoms with Gasteiger partial charge in [-0.1, -0.05) is 13.3 Å². The highest BCUT2D eigenvalue weighted by Crippen LogP contribution is 2.40. The van der Waals surface area contributed by atoms with E-state index >= 15 is 0 Å². The summed E-state index contributed by atoms with van der Waals surface area (Å²) in [5.74, 6) is -0.116. The lowest BCUT2D eigenvalue weighted by Crippen LogP contribution is -2.48. The number of hydrogen-bond donors (Lipinski definition) is 2. The molecule has 2 N–H and O–H groups in total. The first-order valence-corrected chi connectivity index (χ1v) is 13.1. The lowest BCUT2D eigenvalue weighted by molar-refractivity contribution is -0.137. The van der Waals surface area contributed by atoms with Gasteiger partial charge in [0.1, 0.15) is 11.4 Å². The summed E-state index contributed by atoms with van der Waals surface area (Å²) >= 11 is 1.68. The van der Waals surface area contributed by atoms with E-state index < -0.39 is 0 Å². The summed E-state index contributed by atoms with van der Waals surface area (Å²) in [4.78, 5) is 44.6. The van der Waals surface area contributed by atoms with Gasteiger partial charge in [-0.15, -0.1) is 11.8 Å². The van der Waals surface area contributed by atoms with Crippen LogP contribution in [-0.2, 0) is 20.8 Å². The van der Waals surface area contributed by atoms with Crippen LogP contribution in [0.1, 0.15) is 38.2 Å². The van der Waals surface area contributed by atoms with Crippen LogP contribution < -0.4 is 4.90 Å². The van der Waals surface area contributed by atoms with E-state index in [1.807, 2.05) is 11.0 Å². The lowest BCUT2D eigenvalue weighted by Gasteiger charge is -2.36. The van der Waals surface area contributed by atoms with Crippen molar-refractivity contribution in [2.45, 2.75) is 44.1 Å². The summed E-state index contributed by atoms with van der Waals surface area (Å²) in [5.41, 5.74) is 3.05. The fourth-order valence-electron chi connectivity index (χ4n) is 4.83. The summed E-state index contributed by atoms with van der Waals surface area (Å²) in [6.45, 7) is 5.12. The molecule has 0 saturated carbocycles. The van der Waals surface area contributed by atoms with Crippen molar-refractivity contribution in [1.29, 1.82) is 0 Å². The number of nitrogens with one attached hydrogen (secondary N) is 1. The number of rotatable bonds is 9. The second kappa shape index (κ2) is 10.5. The molecule has 0 unspecified atom stereocenters. The molecule has 1 fully saturated rings. The van der Waals surface area contributed by atoms with E-state index in [1.165, 1.54) is 22.6 Å². The molecule has 1 aromatic carbocycles. The lowest BCUT2D eigenvalue weighted by atomic mass is 10.1. The number of anilines is 1. The van der Waals surface area contributed by atoms with Gasteiger partial charge in [0.2, 0.25) is 5.91 Å². The number of benzene rings is 1. The van der Waals surface area contributed by atoms with E-state index in [4.69, 9.17) is 0 Å². The number of imide groups is 1. The summed E-state index contributed by atoms with van der Waals surface area (Å²) in [6, 6.07) is 3.75.